The molecule has 1 aliphatic heterocycles. The lowest BCUT2D eigenvalue weighted by atomic mass is 9.92. The van der Waals surface area contributed by atoms with Crippen LogP contribution < -0.4 is 5.06 Å². The Labute approximate surface area is 212 Å². The average molecular weight is 526 g/mol. The average Bonchev–Trinajstić information content (AvgIpc) is 3.49. The number of halogens is 1. The zero-order valence-electron chi connectivity index (χ0n) is 19.2. The maximum absolute atomic E-state index is 6.86. The molecule has 0 bridgehead atoms. The zero-order chi connectivity index (χ0) is 23.8. The number of hydrogen-bond donors (Lipinski definition) is 0. The quantitative estimate of drug-likeness (QED) is 0.236. The molecule has 0 saturated heterocycles. The second-order valence-electron chi connectivity index (χ2n) is 8.67. The van der Waals surface area contributed by atoms with Crippen LogP contribution in [0.2, 0.25) is 0 Å². The first kappa shape index (κ1) is 22.0. The minimum Gasteiger partial charge on any atom is -0.467 e. The van der Waals surface area contributed by atoms with E-state index in [0.29, 0.717) is 6.42 Å². The Kier molecular flexibility index (Phi) is 5.80. The highest BCUT2D eigenvalue weighted by Gasteiger charge is 2.39. The lowest BCUT2D eigenvalue weighted by Gasteiger charge is -2.32. The molecule has 2 atom stereocenters. The normalized spacial score (nSPS) is 17.7. The summed E-state index contributed by atoms with van der Waals surface area (Å²) in [5.74, 6) is 2.54. The number of nitrogens with zero attached hydrogens (tertiary/aromatic N) is 1. The third kappa shape index (κ3) is 4.11. The van der Waals surface area contributed by atoms with E-state index in [2.05, 4.69) is 64.5 Å². The molecular weight excluding hydrogens is 502 g/mol. The molecule has 0 N–H and O–H groups in total. The summed E-state index contributed by atoms with van der Waals surface area (Å²) >= 11 is 3.56. The maximum atomic E-state index is 6.86. The van der Waals surface area contributed by atoms with Crippen molar-refractivity contribution in [3.63, 3.8) is 0 Å². The van der Waals surface area contributed by atoms with Crippen molar-refractivity contribution < 1.29 is 13.7 Å². The summed E-state index contributed by atoms with van der Waals surface area (Å²) in [7, 11) is 0. The number of para-hydroxylation sites is 1. The van der Waals surface area contributed by atoms with E-state index >= 15 is 0 Å². The number of hydrogen-bond acceptors (Lipinski definition) is 4. The summed E-state index contributed by atoms with van der Waals surface area (Å²) in [5, 5.41) is 1.98. The van der Waals surface area contributed by atoms with Crippen molar-refractivity contribution in [2.24, 2.45) is 0 Å². The van der Waals surface area contributed by atoms with Gasteiger partial charge < -0.3 is 8.83 Å². The van der Waals surface area contributed by atoms with Crippen molar-refractivity contribution in [3.8, 4) is 11.3 Å². The Morgan fingerprint density at radius 3 is 2.23 bits per heavy atom. The van der Waals surface area contributed by atoms with E-state index in [0.717, 1.165) is 49.7 Å². The van der Waals surface area contributed by atoms with Crippen LogP contribution in [0.25, 0.3) is 11.3 Å². The fourth-order valence-corrected chi connectivity index (χ4v) is 5.09. The Morgan fingerprint density at radius 1 is 0.829 bits per heavy atom. The highest BCUT2D eigenvalue weighted by atomic mass is 79.9. The van der Waals surface area contributed by atoms with E-state index < -0.39 is 0 Å². The SMILES string of the molecule is Cc1oc(-c2ccccc2)c2c1C[C@H](c1ccc(Br)cc1)ON(c1ccccc1)[C@@H]2c1ccco1. The number of anilines is 1. The first-order valence-corrected chi connectivity index (χ1v) is 12.5. The number of aryl methyl sites for hydroxylation is 1. The molecule has 4 nitrogen and oxygen atoms in total. The van der Waals surface area contributed by atoms with Gasteiger partial charge in [0.25, 0.3) is 0 Å². The van der Waals surface area contributed by atoms with Crippen LogP contribution in [0.15, 0.2) is 117 Å². The van der Waals surface area contributed by atoms with Gasteiger partial charge in [-0.2, -0.15) is 0 Å². The van der Waals surface area contributed by atoms with Gasteiger partial charge in [-0.3, -0.25) is 4.84 Å². The number of benzene rings is 3. The molecule has 0 amide bonds. The Bertz CT molecular complexity index is 1410. The molecule has 6 rings (SSSR count). The Morgan fingerprint density at radius 2 is 1.54 bits per heavy atom. The summed E-state index contributed by atoms with van der Waals surface area (Å²) in [5.41, 5.74) is 5.30. The van der Waals surface area contributed by atoms with Gasteiger partial charge in [0.05, 0.1) is 12.0 Å². The van der Waals surface area contributed by atoms with Crippen molar-refractivity contribution in [2.75, 3.05) is 5.06 Å². The molecule has 0 radical (unpaired) electrons. The lowest BCUT2D eigenvalue weighted by molar-refractivity contribution is 0.0234. The van der Waals surface area contributed by atoms with E-state index in [1.165, 1.54) is 0 Å². The molecule has 0 saturated carbocycles. The van der Waals surface area contributed by atoms with Crippen molar-refractivity contribution in [1.29, 1.82) is 0 Å². The maximum Gasteiger partial charge on any atom is 0.143 e. The minimum atomic E-state index is -0.324. The first-order valence-electron chi connectivity index (χ1n) is 11.7. The molecule has 3 heterocycles. The van der Waals surface area contributed by atoms with Gasteiger partial charge in [0, 0.05) is 27.6 Å². The molecule has 2 aromatic heterocycles. The van der Waals surface area contributed by atoms with Crippen LogP contribution in [0, 0.1) is 6.92 Å². The number of fused-ring (bicyclic) bond motifs is 1. The van der Waals surface area contributed by atoms with Gasteiger partial charge >= 0.3 is 0 Å². The summed E-state index contributed by atoms with van der Waals surface area (Å²) in [6.45, 7) is 2.04. The summed E-state index contributed by atoms with van der Waals surface area (Å²) in [6, 6.07) is 32.4. The van der Waals surface area contributed by atoms with Crippen molar-refractivity contribution >= 4 is 21.6 Å². The molecule has 174 valence electrons. The van der Waals surface area contributed by atoms with Crippen molar-refractivity contribution in [3.05, 3.63) is 136 Å². The van der Waals surface area contributed by atoms with Gasteiger partial charge in [0.1, 0.15) is 29.4 Å². The Balaban J connectivity index is 1.60. The van der Waals surface area contributed by atoms with Gasteiger partial charge in [0.2, 0.25) is 0 Å². The molecule has 5 aromatic rings. The Hall–Kier alpha value is -3.54. The predicted molar refractivity (Wildman–Crippen MR) is 140 cm³/mol. The van der Waals surface area contributed by atoms with Crippen LogP contribution in [0.5, 0.6) is 0 Å². The molecule has 5 heteroatoms. The van der Waals surface area contributed by atoms with Crippen LogP contribution in [0.4, 0.5) is 5.69 Å². The third-order valence-corrected chi connectivity index (χ3v) is 7.02. The van der Waals surface area contributed by atoms with Crippen LogP contribution >= 0.6 is 15.9 Å². The monoisotopic (exact) mass is 525 g/mol. The molecule has 1 aliphatic rings. The highest BCUT2D eigenvalue weighted by molar-refractivity contribution is 9.10. The van der Waals surface area contributed by atoms with Crippen LogP contribution in [-0.4, -0.2) is 0 Å². The van der Waals surface area contributed by atoms with E-state index in [1.807, 2.05) is 60.5 Å². The van der Waals surface area contributed by atoms with Gasteiger partial charge in [0.15, 0.2) is 0 Å². The molecule has 35 heavy (non-hydrogen) atoms. The van der Waals surface area contributed by atoms with E-state index in [4.69, 9.17) is 13.7 Å². The van der Waals surface area contributed by atoms with E-state index in [1.54, 1.807) is 6.26 Å². The second kappa shape index (κ2) is 9.25. The minimum absolute atomic E-state index is 0.207. The van der Waals surface area contributed by atoms with E-state index in [-0.39, 0.29) is 12.1 Å². The predicted octanol–water partition coefficient (Wildman–Crippen LogP) is 8.44. The van der Waals surface area contributed by atoms with Gasteiger partial charge in [-0.25, -0.2) is 5.06 Å². The third-order valence-electron chi connectivity index (χ3n) is 6.49. The topological polar surface area (TPSA) is 38.8 Å². The van der Waals surface area contributed by atoms with Crippen LogP contribution in [0.3, 0.4) is 0 Å². The lowest BCUT2D eigenvalue weighted by Crippen LogP contribution is -2.30. The van der Waals surface area contributed by atoms with Crippen molar-refractivity contribution in [1.82, 2.24) is 0 Å². The van der Waals surface area contributed by atoms with Gasteiger partial charge in [-0.1, -0.05) is 76.6 Å². The fourth-order valence-electron chi connectivity index (χ4n) is 4.83. The van der Waals surface area contributed by atoms with Crippen molar-refractivity contribution in [2.45, 2.75) is 25.5 Å². The van der Waals surface area contributed by atoms with Crippen LogP contribution in [0.1, 0.15) is 40.4 Å². The number of rotatable bonds is 4. The largest absolute Gasteiger partial charge is 0.467 e. The molecule has 0 unspecified atom stereocenters. The fraction of sp³-hybridized carbons (Fsp3) is 0.133. The van der Waals surface area contributed by atoms with Gasteiger partial charge in [-0.05, 0) is 48.9 Å². The number of furan rings is 2. The molecule has 0 fully saturated rings. The molecular formula is C30H24BrNO3. The number of hydroxylamine groups is 1. The van der Waals surface area contributed by atoms with E-state index in [9.17, 15) is 0 Å². The zero-order valence-corrected chi connectivity index (χ0v) is 20.8. The first-order chi connectivity index (χ1) is 17.2. The molecule has 3 aromatic carbocycles. The molecule has 0 spiro atoms. The van der Waals surface area contributed by atoms with Crippen LogP contribution in [-0.2, 0) is 11.3 Å². The standard InChI is InChI=1S/C30H24BrNO3/c1-20-25-19-27(21-14-16-23(31)17-15-21)35-32(24-11-6-3-7-12-24)29(26-13-8-18-33-26)28(25)30(34-20)22-9-4-2-5-10-22/h2-18,27,29H,19H2,1H3/t27-,29-/m1/s1. The highest BCUT2D eigenvalue weighted by Crippen LogP contribution is 2.47. The smallest absolute Gasteiger partial charge is 0.143 e. The molecule has 0 aliphatic carbocycles. The summed E-state index contributed by atoms with van der Waals surface area (Å²) in [6.07, 6.45) is 2.19. The summed E-state index contributed by atoms with van der Waals surface area (Å²) < 4.78 is 13.6. The summed E-state index contributed by atoms with van der Waals surface area (Å²) in [4.78, 5) is 6.86. The van der Waals surface area contributed by atoms with Gasteiger partial charge in [-0.15, -0.1) is 0 Å². The second-order valence-corrected chi connectivity index (χ2v) is 9.59.